The molecular weight excluding hydrogens is 326 g/mol. The minimum atomic E-state index is -0.128. The van der Waals surface area contributed by atoms with Crippen molar-refractivity contribution in [2.45, 2.75) is 6.92 Å². The lowest BCUT2D eigenvalue weighted by atomic mass is 10.1. The fourth-order valence-corrected chi connectivity index (χ4v) is 2.69. The summed E-state index contributed by atoms with van der Waals surface area (Å²) in [6.07, 6.45) is 7.05. The molecule has 0 aliphatic carbocycles. The number of aryl methyl sites for hydroxylation is 1. The van der Waals surface area contributed by atoms with Gasteiger partial charge in [-0.1, -0.05) is 17.7 Å². The van der Waals surface area contributed by atoms with Gasteiger partial charge in [-0.3, -0.25) is 9.36 Å². The van der Waals surface area contributed by atoms with E-state index in [-0.39, 0.29) is 5.91 Å². The minimum absolute atomic E-state index is 0.128. The van der Waals surface area contributed by atoms with Gasteiger partial charge in [0.25, 0.3) is 5.91 Å². The molecule has 26 heavy (non-hydrogen) atoms. The number of H-pyrrole nitrogens is 1. The zero-order valence-electron chi connectivity index (χ0n) is 14.2. The van der Waals surface area contributed by atoms with E-state index in [0.717, 1.165) is 22.8 Å². The number of benzene rings is 2. The van der Waals surface area contributed by atoms with Gasteiger partial charge in [-0.2, -0.15) is 0 Å². The molecule has 0 unspecified atom stereocenters. The topological polar surface area (TPSA) is 75.6 Å². The smallest absolute Gasteiger partial charge is 0.255 e. The SMILES string of the molecule is Cc1ccc(C(=O)Nc2ccc(-n3ccnc3-c3ncc[nH]3)cc2)cc1. The molecule has 6 heteroatoms. The summed E-state index contributed by atoms with van der Waals surface area (Å²) in [6.45, 7) is 1.99. The van der Waals surface area contributed by atoms with E-state index < -0.39 is 0 Å². The summed E-state index contributed by atoms with van der Waals surface area (Å²) in [6, 6.07) is 15.1. The summed E-state index contributed by atoms with van der Waals surface area (Å²) in [5.41, 5.74) is 3.43. The zero-order chi connectivity index (χ0) is 17.9. The number of carbonyl (C=O) groups is 1. The molecule has 2 heterocycles. The maximum atomic E-state index is 12.3. The highest BCUT2D eigenvalue weighted by Gasteiger charge is 2.10. The number of rotatable bonds is 4. The van der Waals surface area contributed by atoms with E-state index in [1.54, 1.807) is 18.6 Å². The number of hydrogen-bond acceptors (Lipinski definition) is 3. The molecule has 0 spiro atoms. The van der Waals surface area contributed by atoms with Crippen LogP contribution in [0.5, 0.6) is 0 Å². The zero-order valence-corrected chi connectivity index (χ0v) is 14.2. The molecule has 0 saturated carbocycles. The van der Waals surface area contributed by atoms with E-state index in [0.29, 0.717) is 11.4 Å². The average Bonchev–Trinajstić information content (AvgIpc) is 3.34. The lowest BCUT2D eigenvalue weighted by Crippen LogP contribution is -2.11. The molecule has 4 aromatic rings. The lowest BCUT2D eigenvalue weighted by Gasteiger charge is -2.09. The van der Waals surface area contributed by atoms with Crippen molar-refractivity contribution < 1.29 is 4.79 Å². The van der Waals surface area contributed by atoms with Crippen LogP contribution in [0.4, 0.5) is 5.69 Å². The number of carbonyl (C=O) groups excluding carboxylic acids is 1. The molecule has 4 rings (SSSR count). The minimum Gasteiger partial charge on any atom is -0.342 e. The Morgan fingerprint density at radius 2 is 1.77 bits per heavy atom. The van der Waals surface area contributed by atoms with Crippen LogP contribution < -0.4 is 5.32 Å². The Balaban J connectivity index is 1.54. The quantitative estimate of drug-likeness (QED) is 0.591. The molecule has 6 nitrogen and oxygen atoms in total. The van der Waals surface area contributed by atoms with Crippen molar-refractivity contribution in [3.63, 3.8) is 0 Å². The highest BCUT2D eigenvalue weighted by molar-refractivity contribution is 6.04. The summed E-state index contributed by atoms with van der Waals surface area (Å²) < 4.78 is 1.93. The predicted molar refractivity (Wildman–Crippen MR) is 100 cm³/mol. The lowest BCUT2D eigenvalue weighted by molar-refractivity contribution is 0.102. The summed E-state index contributed by atoms with van der Waals surface area (Å²) in [4.78, 5) is 24.0. The Morgan fingerprint density at radius 1 is 1.00 bits per heavy atom. The third kappa shape index (κ3) is 3.12. The van der Waals surface area contributed by atoms with Gasteiger partial charge in [0.15, 0.2) is 11.6 Å². The summed E-state index contributed by atoms with van der Waals surface area (Å²) in [5.74, 6) is 1.30. The number of amides is 1. The van der Waals surface area contributed by atoms with Crippen molar-refractivity contribution in [2.24, 2.45) is 0 Å². The highest BCUT2D eigenvalue weighted by atomic mass is 16.1. The second-order valence-corrected chi connectivity index (χ2v) is 5.93. The molecule has 2 aromatic carbocycles. The van der Waals surface area contributed by atoms with Gasteiger partial charge in [-0.15, -0.1) is 0 Å². The molecule has 2 N–H and O–H groups in total. The molecule has 0 atom stereocenters. The maximum Gasteiger partial charge on any atom is 0.255 e. The van der Waals surface area contributed by atoms with Crippen molar-refractivity contribution in [3.8, 4) is 17.3 Å². The first-order chi connectivity index (χ1) is 12.7. The first-order valence-corrected chi connectivity index (χ1v) is 8.22. The summed E-state index contributed by atoms with van der Waals surface area (Å²) in [7, 11) is 0. The van der Waals surface area contributed by atoms with Gasteiger partial charge in [-0.05, 0) is 43.3 Å². The number of nitrogens with zero attached hydrogens (tertiary/aromatic N) is 3. The van der Waals surface area contributed by atoms with Gasteiger partial charge in [0.05, 0.1) is 0 Å². The van der Waals surface area contributed by atoms with Gasteiger partial charge in [0.2, 0.25) is 0 Å². The van der Waals surface area contributed by atoms with E-state index in [2.05, 4.69) is 20.3 Å². The second-order valence-electron chi connectivity index (χ2n) is 5.93. The monoisotopic (exact) mass is 343 g/mol. The van der Waals surface area contributed by atoms with Crippen molar-refractivity contribution in [1.29, 1.82) is 0 Å². The van der Waals surface area contributed by atoms with Crippen LogP contribution in [-0.2, 0) is 0 Å². The van der Waals surface area contributed by atoms with Gasteiger partial charge < -0.3 is 10.3 Å². The van der Waals surface area contributed by atoms with E-state index in [9.17, 15) is 4.79 Å². The largest absolute Gasteiger partial charge is 0.342 e. The highest BCUT2D eigenvalue weighted by Crippen LogP contribution is 2.20. The molecule has 1 amide bonds. The first kappa shape index (κ1) is 15.8. The Bertz CT molecular complexity index is 1020. The third-order valence-corrected chi connectivity index (χ3v) is 4.07. The second kappa shape index (κ2) is 6.68. The van der Waals surface area contributed by atoms with Crippen molar-refractivity contribution >= 4 is 11.6 Å². The maximum absolute atomic E-state index is 12.3. The average molecular weight is 343 g/mol. The van der Waals surface area contributed by atoms with Crippen LogP contribution in [0.15, 0.2) is 73.3 Å². The fraction of sp³-hybridized carbons (Fsp3) is 0.0500. The Labute approximate surface area is 150 Å². The molecule has 0 radical (unpaired) electrons. The molecule has 0 aliphatic rings. The molecular formula is C20H17N5O. The van der Waals surface area contributed by atoms with E-state index >= 15 is 0 Å². The Kier molecular flexibility index (Phi) is 4.07. The first-order valence-electron chi connectivity index (χ1n) is 8.22. The normalized spacial score (nSPS) is 10.7. The van der Waals surface area contributed by atoms with Crippen LogP contribution in [0.25, 0.3) is 17.3 Å². The number of anilines is 1. The summed E-state index contributed by atoms with van der Waals surface area (Å²) in [5, 5.41) is 2.91. The Hall–Kier alpha value is -3.67. The van der Waals surface area contributed by atoms with Crippen LogP contribution >= 0.6 is 0 Å². The van der Waals surface area contributed by atoms with Crippen LogP contribution in [0, 0.1) is 6.92 Å². The number of imidazole rings is 2. The van der Waals surface area contributed by atoms with Crippen molar-refractivity contribution in [2.75, 3.05) is 5.32 Å². The number of hydrogen-bond donors (Lipinski definition) is 2. The Morgan fingerprint density at radius 3 is 2.46 bits per heavy atom. The fourth-order valence-electron chi connectivity index (χ4n) is 2.69. The van der Waals surface area contributed by atoms with Gasteiger partial charge >= 0.3 is 0 Å². The van der Waals surface area contributed by atoms with Gasteiger partial charge in [0, 0.05) is 41.7 Å². The van der Waals surface area contributed by atoms with Crippen LogP contribution in [-0.4, -0.2) is 25.4 Å². The van der Waals surface area contributed by atoms with Crippen LogP contribution in [0.3, 0.4) is 0 Å². The third-order valence-electron chi connectivity index (χ3n) is 4.07. The van der Waals surface area contributed by atoms with Gasteiger partial charge in [0.1, 0.15) is 0 Å². The number of aromatic nitrogens is 4. The van der Waals surface area contributed by atoms with E-state index in [1.165, 1.54) is 0 Å². The predicted octanol–water partition coefficient (Wildman–Crippen LogP) is 3.82. The van der Waals surface area contributed by atoms with Crippen molar-refractivity contribution in [1.82, 2.24) is 19.5 Å². The van der Waals surface area contributed by atoms with Crippen LogP contribution in [0.1, 0.15) is 15.9 Å². The van der Waals surface area contributed by atoms with Gasteiger partial charge in [-0.25, -0.2) is 9.97 Å². The molecule has 0 fully saturated rings. The molecule has 0 bridgehead atoms. The molecule has 2 aromatic heterocycles. The number of nitrogens with one attached hydrogen (secondary N) is 2. The standard InChI is InChI=1S/C20H17N5O/c1-14-2-4-15(5-3-14)20(26)24-16-6-8-17(9-7-16)25-13-12-23-19(25)18-21-10-11-22-18/h2-13H,1H3,(H,21,22)(H,24,26). The van der Waals surface area contributed by atoms with E-state index in [1.807, 2.05) is 66.2 Å². The number of aromatic amines is 1. The van der Waals surface area contributed by atoms with E-state index in [4.69, 9.17) is 0 Å². The summed E-state index contributed by atoms with van der Waals surface area (Å²) >= 11 is 0. The van der Waals surface area contributed by atoms with Crippen LogP contribution in [0.2, 0.25) is 0 Å². The van der Waals surface area contributed by atoms with Crippen molar-refractivity contribution in [3.05, 3.63) is 84.4 Å². The molecule has 0 aliphatic heterocycles. The molecule has 128 valence electrons. The molecule has 0 saturated heterocycles.